The molecule has 64 heavy (non-hydrogen) atoms. The van der Waals surface area contributed by atoms with E-state index in [1.165, 1.54) is 57.4 Å². The molecular formula is C44H32ClF3N12O4. The topological polar surface area (TPSA) is 229 Å². The maximum Gasteiger partial charge on any atom is 0.278 e. The molecule has 9 aromatic rings. The normalized spacial score (nSPS) is 10.7. The number of fused-ring (bicyclic) bond motifs is 3. The van der Waals surface area contributed by atoms with Crippen LogP contribution < -0.4 is 26.7 Å². The van der Waals surface area contributed by atoms with Crippen molar-refractivity contribution in [2.24, 2.45) is 0 Å². The first kappa shape index (κ1) is 43.6. The molecule has 5 N–H and O–H groups in total. The van der Waals surface area contributed by atoms with Crippen LogP contribution in [0.15, 0.2) is 114 Å². The molecule has 20 heteroatoms. The minimum atomic E-state index is -0.460. The monoisotopic (exact) mass is 884 g/mol. The van der Waals surface area contributed by atoms with Crippen LogP contribution in [0.4, 0.5) is 31.0 Å². The molecule has 0 atom stereocenters. The molecule has 16 nitrogen and oxygen atoms in total. The van der Waals surface area contributed by atoms with Crippen molar-refractivity contribution in [1.29, 1.82) is 0 Å². The quantitative estimate of drug-likeness (QED) is 0.116. The lowest BCUT2D eigenvalue weighted by Gasteiger charge is -2.06. The number of halogens is 4. The molecule has 0 unspecified atom stereocenters. The Morgan fingerprint density at radius 3 is 1.47 bits per heavy atom. The number of amides is 2. The second-order valence-corrected chi connectivity index (χ2v) is 13.8. The van der Waals surface area contributed by atoms with Crippen molar-refractivity contribution in [2.75, 3.05) is 23.5 Å². The fraction of sp³-hybridized carbons (Fsp3) is 0.0682. The van der Waals surface area contributed by atoms with E-state index in [2.05, 4.69) is 55.5 Å². The van der Waals surface area contributed by atoms with Crippen molar-refractivity contribution < 1.29 is 27.5 Å². The first-order chi connectivity index (χ1) is 30.7. The molecule has 0 fully saturated rings. The molecule has 6 heterocycles. The highest BCUT2D eigenvalue weighted by molar-refractivity contribution is 6.33. The van der Waals surface area contributed by atoms with Crippen molar-refractivity contribution in [2.45, 2.75) is 13.8 Å². The zero-order chi connectivity index (χ0) is 45.5. The molecule has 0 aliphatic heterocycles. The summed E-state index contributed by atoms with van der Waals surface area (Å²) in [5.74, 6) is -0.924. The lowest BCUT2D eigenvalue weighted by atomic mass is 10.1. The van der Waals surface area contributed by atoms with Gasteiger partial charge in [-0.1, -0.05) is 11.6 Å². The molecule has 0 saturated carbocycles. The number of ether oxygens (including phenoxy) is 1. The van der Waals surface area contributed by atoms with Gasteiger partial charge in [0.1, 0.15) is 23.0 Å². The summed E-state index contributed by atoms with van der Waals surface area (Å²) in [6.07, 6.45) is 0. The fourth-order valence-corrected chi connectivity index (χ4v) is 6.15. The van der Waals surface area contributed by atoms with E-state index in [0.717, 1.165) is 11.1 Å². The predicted octanol–water partition coefficient (Wildman–Crippen LogP) is 7.95. The van der Waals surface area contributed by atoms with Crippen molar-refractivity contribution >= 4 is 74.4 Å². The molecule has 0 radical (unpaired) electrons. The number of hydrogen-bond donors (Lipinski definition) is 4. The van der Waals surface area contributed by atoms with Crippen molar-refractivity contribution in [3.63, 3.8) is 0 Å². The van der Waals surface area contributed by atoms with E-state index in [9.17, 15) is 27.6 Å². The van der Waals surface area contributed by atoms with E-state index < -0.39 is 5.56 Å². The van der Waals surface area contributed by atoms with Gasteiger partial charge in [0.2, 0.25) is 35.5 Å². The van der Waals surface area contributed by atoms with E-state index in [-0.39, 0.29) is 57.8 Å². The van der Waals surface area contributed by atoms with Gasteiger partial charge in [0.15, 0.2) is 16.2 Å². The third kappa shape index (κ3) is 10.5. The lowest BCUT2D eigenvalue weighted by Crippen LogP contribution is -2.16. The molecule has 320 valence electrons. The number of nitrogens with zero attached hydrogens (tertiary/aromatic N) is 8. The Labute approximate surface area is 364 Å². The highest BCUT2D eigenvalue weighted by atomic mass is 35.5. The van der Waals surface area contributed by atoms with Crippen LogP contribution >= 0.6 is 11.6 Å². The summed E-state index contributed by atoms with van der Waals surface area (Å²) in [6, 6.07) is 28.2. The number of methoxy groups -OCH3 is 1. The first-order valence-corrected chi connectivity index (χ1v) is 19.2. The number of nitrogen functional groups attached to an aromatic ring is 1. The second-order valence-electron chi connectivity index (χ2n) is 13.4. The molecule has 3 aromatic carbocycles. The standard InChI is InChI=1S/C15H10ClFN4O.C15H11FN4O2.C14H11FN4O/c1-8(22)18-15-20-12-7-6-11(19-13(12)14(16)21-15)9-2-4-10(17)5-3-9;1-8(21)17-15-19-12-7-6-11(18-13(12)14(22)20-15)9-2-4-10(16)5-3-9;1-20-13-12-11(18-14(16)19-13)7-6-10(17-12)8-2-4-9(15)5-3-8/h2-7H,1H3,(H,18,20,21,22);2-7H,1H3,(H2,17,19,20,21,22);2-7H,1H3,(H2,16,18,19). The van der Waals surface area contributed by atoms with Crippen molar-refractivity contribution in [3.05, 3.63) is 142 Å². The van der Waals surface area contributed by atoms with Gasteiger partial charge >= 0.3 is 0 Å². The molecule has 0 spiro atoms. The highest BCUT2D eigenvalue weighted by Gasteiger charge is 2.13. The molecule has 6 aromatic heterocycles. The number of aromatic nitrogens is 9. The summed E-state index contributed by atoms with van der Waals surface area (Å²) in [7, 11) is 1.49. The van der Waals surface area contributed by atoms with E-state index in [1.54, 1.807) is 72.8 Å². The van der Waals surface area contributed by atoms with Crippen molar-refractivity contribution in [1.82, 2.24) is 44.9 Å². The van der Waals surface area contributed by atoms with Crippen LogP contribution in [0.3, 0.4) is 0 Å². The van der Waals surface area contributed by atoms with E-state index in [4.69, 9.17) is 22.1 Å². The fourth-order valence-electron chi connectivity index (χ4n) is 5.93. The number of H-pyrrole nitrogens is 1. The summed E-state index contributed by atoms with van der Waals surface area (Å²) in [5, 5.41) is 5.03. The number of benzene rings is 3. The van der Waals surface area contributed by atoms with Gasteiger partial charge in [-0.05, 0) is 109 Å². The van der Waals surface area contributed by atoms with Crippen molar-refractivity contribution in [3.8, 4) is 39.7 Å². The van der Waals surface area contributed by atoms with Crippen LogP contribution in [-0.4, -0.2) is 63.8 Å². The van der Waals surface area contributed by atoms with Crippen LogP contribution in [0.2, 0.25) is 5.15 Å². The van der Waals surface area contributed by atoms with Gasteiger partial charge in [-0.25, -0.2) is 43.1 Å². The number of carbonyl (C=O) groups excluding carboxylic acids is 2. The Morgan fingerprint density at radius 2 is 1.00 bits per heavy atom. The largest absolute Gasteiger partial charge is 0.479 e. The summed E-state index contributed by atoms with van der Waals surface area (Å²) in [5.41, 5.74) is 11.8. The van der Waals surface area contributed by atoms with Crippen LogP contribution in [0.1, 0.15) is 13.8 Å². The Hall–Kier alpha value is -8.45. The third-order valence-corrected chi connectivity index (χ3v) is 9.04. The van der Waals surface area contributed by atoms with Gasteiger partial charge in [0.05, 0.1) is 40.7 Å². The summed E-state index contributed by atoms with van der Waals surface area (Å²) in [6.45, 7) is 2.68. The average Bonchev–Trinajstić information content (AvgIpc) is 3.27. The number of nitrogens with two attached hydrogens (primary N) is 1. The highest BCUT2D eigenvalue weighted by Crippen LogP contribution is 2.27. The van der Waals surface area contributed by atoms with Gasteiger partial charge in [0.25, 0.3) is 5.56 Å². The number of nitrogens with one attached hydrogen (secondary N) is 3. The Balaban J connectivity index is 0.000000144. The Bertz CT molecular complexity index is 3250. The number of carbonyl (C=O) groups is 2. The van der Waals surface area contributed by atoms with E-state index in [0.29, 0.717) is 56.1 Å². The minimum Gasteiger partial charge on any atom is -0.479 e. The number of aromatic amines is 1. The lowest BCUT2D eigenvalue weighted by molar-refractivity contribution is -0.115. The first-order valence-electron chi connectivity index (χ1n) is 18.8. The molecule has 0 aliphatic rings. The van der Waals surface area contributed by atoms with Gasteiger partial charge in [-0.15, -0.1) is 0 Å². The summed E-state index contributed by atoms with van der Waals surface area (Å²) >= 11 is 6.11. The Kier molecular flexibility index (Phi) is 13.0. The number of pyridine rings is 3. The SMILES string of the molecule is CC(=O)Nc1nc(Cl)c2nc(-c3ccc(F)cc3)ccc2n1.CC(=O)Nc1nc2ccc(-c3ccc(F)cc3)nc2c(=O)[nH]1.COc1nc(N)nc2ccc(-c3ccc(F)cc3)nc12. The van der Waals surface area contributed by atoms with Crippen LogP contribution in [0, 0.1) is 17.5 Å². The van der Waals surface area contributed by atoms with E-state index >= 15 is 0 Å². The number of hydrogen-bond acceptors (Lipinski definition) is 13. The Morgan fingerprint density at radius 1 is 0.562 bits per heavy atom. The smallest absolute Gasteiger partial charge is 0.278 e. The second kappa shape index (κ2) is 19.1. The molecule has 0 bridgehead atoms. The molecule has 9 rings (SSSR count). The third-order valence-electron chi connectivity index (χ3n) is 8.78. The predicted molar refractivity (Wildman–Crippen MR) is 236 cm³/mol. The summed E-state index contributed by atoms with van der Waals surface area (Å²) in [4.78, 5) is 70.0. The number of anilines is 3. The minimum absolute atomic E-state index is 0.0707. The van der Waals surface area contributed by atoms with E-state index in [1.807, 2.05) is 0 Å². The molecule has 2 amide bonds. The van der Waals surface area contributed by atoms with Gasteiger partial charge in [0, 0.05) is 30.5 Å². The molecular weight excluding hydrogens is 853 g/mol. The number of rotatable bonds is 6. The maximum atomic E-state index is 13.0. The van der Waals surface area contributed by atoms with Crippen LogP contribution in [-0.2, 0) is 9.59 Å². The zero-order valence-electron chi connectivity index (χ0n) is 33.7. The van der Waals surface area contributed by atoms with Gasteiger partial charge in [-0.2, -0.15) is 9.97 Å². The molecule has 0 aliphatic carbocycles. The average molecular weight is 885 g/mol. The summed E-state index contributed by atoms with van der Waals surface area (Å²) < 4.78 is 44.0. The van der Waals surface area contributed by atoms with Crippen LogP contribution in [0.25, 0.3) is 66.9 Å². The molecule has 0 saturated heterocycles. The van der Waals surface area contributed by atoms with Crippen LogP contribution in [0.5, 0.6) is 5.88 Å². The zero-order valence-corrected chi connectivity index (χ0v) is 34.4. The maximum absolute atomic E-state index is 13.0. The van der Waals surface area contributed by atoms with Gasteiger partial charge in [-0.3, -0.25) is 30.0 Å². The van der Waals surface area contributed by atoms with Gasteiger partial charge < -0.3 is 10.5 Å².